The van der Waals surface area contributed by atoms with Gasteiger partial charge in [0.15, 0.2) is 6.29 Å². The number of rotatable bonds is 2. The van der Waals surface area contributed by atoms with E-state index in [9.17, 15) is 5.11 Å². The Morgan fingerprint density at radius 1 is 1.17 bits per heavy atom. The van der Waals surface area contributed by atoms with E-state index >= 15 is 0 Å². The Hall–Kier alpha value is -1.33. The molecule has 0 radical (unpaired) electrons. The first-order chi connectivity index (χ1) is 8.83. The van der Waals surface area contributed by atoms with Crippen LogP contribution >= 0.6 is 0 Å². The molecule has 1 aromatic heterocycles. The lowest BCUT2D eigenvalue weighted by atomic mass is 9.96. The number of pyridine rings is 1. The molecule has 0 saturated carbocycles. The summed E-state index contributed by atoms with van der Waals surface area (Å²) in [7, 11) is 0. The molecule has 0 aromatic carbocycles. The summed E-state index contributed by atoms with van der Waals surface area (Å²) in [4.78, 5) is 6.48. The number of anilines is 1. The first kappa shape index (κ1) is 11.7. The molecule has 18 heavy (non-hydrogen) atoms. The van der Waals surface area contributed by atoms with Crippen molar-refractivity contribution in [2.75, 3.05) is 31.2 Å². The lowest BCUT2D eigenvalue weighted by Gasteiger charge is -2.34. The van der Waals surface area contributed by atoms with E-state index in [0.717, 1.165) is 45.0 Å². The highest BCUT2D eigenvalue weighted by molar-refractivity contribution is 5.40. The Bertz CT molecular complexity index is 382. The predicted octanol–water partition coefficient (Wildman–Crippen LogP) is 1.38. The standard InChI is InChI=1S/C13H18N2O3/c16-11-1-2-12(14-9-11)15-5-3-10(4-6-15)13-17-7-8-18-13/h1-2,9-10,13,16H,3-8H2. The maximum atomic E-state index is 9.23. The molecule has 3 heterocycles. The van der Waals surface area contributed by atoms with Gasteiger partial charge in [-0.15, -0.1) is 0 Å². The van der Waals surface area contributed by atoms with E-state index in [4.69, 9.17) is 9.47 Å². The maximum absolute atomic E-state index is 9.23. The minimum Gasteiger partial charge on any atom is -0.506 e. The molecule has 2 aliphatic heterocycles. The summed E-state index contributed by atoms with van der Waals surface area (Å²) in [6, 6.07) is 3.54. The molecule has 0 amide bonds. The van der Waals surface area contributed by atoms with Crippen molar-refractivity contribution in [1.82, 2.24) is 4.98 Å². The van der Waals surface area contributed by atoms with Crippen LogP contribution < -0.4 is 4.90 Å². The third kappa shape index (κ3) is 2.42. The van der Waals surface area contributed by atoms with E-state index in [0.29, 0.717) is 5.92 Å². The van der Waals surface area contributed by atoms with E-state index in [1.165, 1.54) is 6.20 Å². The van der Waals surface area contributed by atoms with Gasteiger partial charge in [0.1, 0.15) is 11.6 Å². The second kappa shape index (κ2) is 5.12. The van der Waals surface area contributed by atoms with Crippen LogP contribution in [0.1, 0.15) is 12.8 Å². The third-order valence-corrected chi connectivity index (χ3v) is 3.63. The summed E-state index contributed by atoms with van der Waals surface area (Å²) in [5.41, 5.74) is 0. The molecule has 0 aliphatic carbocycles. The van der Waals surface area contributed by atoms with Crippen LogP contribution in [0.5, 0.6) is 5.75 Å². The van der Waals surface area contributed by atoms with E-state index in [1.54, 1.807) is 6.07 Å². The van der Waals surface area contributed by atoms with E-state index < -0.39 is 0 Å². The van der Waals surface area contributed by atoms with Crippen LogP contribution in [-0.4, -0.2) is 42.7 Å². The largest absolute Gasteiger partial charge is 0.506 e. The maximum Gasteiger partial charge on any atom is 0.160 e. The molecule has 0 atom stereocenters. The summed E-state index contributed by atoms with van der Waals surface area (Å²) in [6.45, 7) is 3.38. The molecular formula is C13H18N2O3. The molecule has 5 nitrogen and oxygen atoms in total. The Balaban J connectivity index is 1.57. The average Bonchev–Trinajstić information content (AvgIpc) is 2.94. The van der Waals surface area contributed by atoms with Crippen molar-refractivity contribution < 1.29 is 14.6 Å². The minimum atomic E-state index is -0.0000676. The Morgan fingerprint density at radius 3 is 2.50 bits per heavy atom. The van der Waals surface area contributed by atoms with Gasteiger partial charge in [-0.1, -0.05) is 0 Å². The van der Waals surface area contributed by atoms with Gasteiger partial charge in [0.2, 0.25) is 0 Å². The highest BCUT2D eigenvalue weighted by Gasteiger charge is 2.30. The van der Waals surface area contributed by atoms with Crippen molar-refractivity contribution in [1.29, 1.82) is 0 Å². The summed E-state index contributed by atoms with van der Waals surface area (Å²) >= 11 is 0. The average molecular weight is 250 g/mol. The number of aromatic hydroxyl groups is 1. The van der Waals surface area contributed by atoms with Crippen molar-refractivity contribution >= 4 is 5.82 Å². The number of hydrogen-bond acceptors (Lipinski definition) is 5. The molecule has 2 saturated heterocycles. The normalized spacial score (nSPS) is 22.6. The van der Waals surface area contributed by atoms with Gasteiger partial charge in [0.05, 0.1) is 19.4 Å². The van der Waals surface area contributed by atoms with Gasteiger partial charge in [0, 0.05) is 19.0 Å². The zero-order chi connectivity index (χ0) is 12.4. The molecule has 2 aliphatic rings. The van der Waals surface area contributed by atoms with Crippen LogP contribution in [0.15, 0.2) is 18.3 Å². The van der Waals surface area contributed by atoms with E-state index in [1.807, 2.05) is 6.07 Å². The Morgan fingerprint density at radius 2 is 1.89 bits per heavy atom. The van der Waals surface area contributed by atoms with Crippen LogP contribution in [0.3, 0.4) is 0 Å². The van der Waals surface area contributed by atoms with Crippen LogP contribution in [0.25, 0.3) is 0 Å². The lowest BCUT2D eigenvalue weighted by molar-refractivity contribution is -0.0889. The summed E-state index contributed by atoms with van der Waals surface area (Å²) < 4.78 is 11.1. The summed E-state index contributed by atoms with van der Waals surface area (Å²) in [6.07, 6.45) is 3.62. The second-order valence-electron chi connectivity index (χ2n) is 4.81. The topological polar surface area (TPSA) is 54.8 Å². The van der Waals surface area contributed by atoms with E-state index in [2.05, 4.69) is 9.88 Å². The molecule has 1 N–H and O–H groups in total. The fourth-order valence-corrected chi connectivity index (χ4v) is 2.61. The highest BCUT2D eigenvalue weighted by Crippen LogP contribution is 2.28. The van der Waals surface area contributed by atoms with Gasteiger partial charge in [-0.25, -0.2) is 4.98 Å². The van der Waals surface area contributed by atoms with Gasteiger partial charge in [-0.2, -0.15) is 0 Å². The molecule has 0 bridgehead atoms. The van der Waals surface area contributed by atoms with Crippen molar-refractivity contribution in [3.05, 3.63) is 18.3 Å². The highest BCUT2D eigenvalue weighted by atomic mass is 16.7. The van der Waals surface area contributed by atoms with Crippen LogP contribution in [0, 0.1) is 5.92 Å². The molecular weight excluding hydrogens is 232 g/mol. The fraction of sp³-hybridized carbons (Fsp3) is 0.615. The molecule has 5 heteroatoms. The smallest absolute Gasteiger partial charge is 0.160 e. The molecule has 98 valence electrons. The zero-order valence-electron chi connectivity index (χ0n) is 10.3. The fourth-order valence-electron chi connectivity index (χ4n) is 2.61. The van der Waals surface area contributed by atoms with Crippen molar-refractivity contribution in [3.8, 4) is 5.75 Å². The Labute approximate surface area is 106 Å². The first-order valence-corrected chi connectivity index (χ1v) is 6.46. The minimum absolute atomic E-state index is 0.0000676. The van der Waals surface area contributed by atoms with Gasteiger partial charge >= 0.3 is 0 Å². The summed E-state index contributed by atoms with van der Waals surface area (Å²) in [5, 5.41) is 9.23. The van der Waals surface area contributed by atoms with Crippen molar-refractivity contribution in [2.24, 2.45) is 5.92 Å². The van der Waals surface area contributed by atoms with Gasteiger partial charge < -0.3 is 19.5 Å². The van der Waals surface area contributed by atoms with E-state index in [-0.39, 0.29) is 12.0 Å². The molecule has 0 spiro atoms. The zero-order valence-corrected chi connectivity index (χ0v) is 10.3. The number of hydrogen-bond donors (Lipinski definition) is 1. The van der Waals surface area contributed by atoms with Crippen LogP contribution in [0.4, 0.5) is 5.82 Å². The predicted molar refractivity (Wildman–Crippen MR) is 66.5 cm³/mol. The number of piperidine rings is 1. The van der Waals surface area contributed by atoms with Crippen molar-refractivity contribution in [3.63, 3.8) is 0 Å². The van der Waals surface area contributed by atoms with Crippen molar-refractivity contribution in [2.45, 2.75) is 19.1 Å². The third-order valence-electron chi connectivity index (χ3n) is 3.63. The quantitative estimate of drug-likeness (QED) is 0.859. The Kier molecular flexibility index (Phi) is 3.34. The molecule has 2 fully saturated rings. The molecule has 1 aromatic rings. The molecule has 0 unspecified atom stereocenters. The number of ether oxygens (including phenoxy) is 2. The SMILES string of the molecule is Oc1ccc(N2CCC(C3OCCO3)CC2)nc1. The summed E-state index contributed by atoms with van der Waals surface area (Å²) in [5.74, 6) is 1.64. The van der Waals surface area contributed by atoms with Crippen LogP contribution in [-0.2, 0) is 9.47 Å². The number of aromatic nitrogens is 1. The van der Waals surface area contributed by atoms with Crippen LogP contribution in [0.2, 0.25) is 0 Å². The monoisotopic (exact) mass is 250 g/mol. The first-order valence-electron chi connectivity index (χ1n) is 6.46. The number of nitrogens with zero attached hydrogens (tertiary/aromatic N) is 2. The van der Waals surface area contributed by atoms with Gasteiger partial charge in [-0.3, -0.25) is 0 Å². The van der Waals surface area contributed by atoms with Gasteiger partial charge in [-0.05, 0) is 25.0 Å². The molecule has 3 rings (SSSR count). The second-order valence-corrected chi connectivity index (χ2v) is 4.81. The van der Waals surface area contributed by atoms with Gasteiger partial charge in [0.25, 0.3) is 0 Å². The lowest BCUT2D eigenvalue weighted by Crippen LogP contribution is -2.38.